The van der Waals surface area contributed by atoms with E-state index in [4.69, 9.17) is 16.3 Å². The standard InChI is InChI=1S/C15H15ClN4OS/c1-10-9-11(2)20-14(17-10)18-19-15(20)22-8-7-21-13-6-4-3-5-12(13)16/h3-6,9H,7-8H2,1-2H3. The molecule has 7 heteroatoms. The van der Waals surface area contributed by atoms with E-state index in [1.807, 2.05) is 48.6 Å². The fourth-order valence-corrected chi connectivity index (χ4v) is 3.13. The van der Waals surface area contributed by atoms with Gasteiger partial charge in [0.05, 0.1) is 11.6 Å². The third-order valence-electron chi connectivity index (χ3n) is 3.07. The molecule has 0 atom stereocenters. The molecule has 0 amide bonds. The lowest BCUT2D eigenvalue weighted by Crippen LogP contribution is -2.02. The average molecular weight is 335 g/mol. The number of thioether (sulfide) groups is 1. The molecule has 0 saturated carbocycles. The summed E-state index contributed by atoms with van der Waals surface area (Å²) in [6.45, 7) is 4.52. The van der Waals surface area contributed by atoms with Crippen LogP contribution in [0.15, 0.2) is 35.5 Å². The summed E-state index contributed by atoms with van der Waals surface area (Å²) in [5.41, 5.74) is 2.01. The molecule has 2 heterocycles. The molecule has 0 unspecified atom stereocenters. The summed E-state index contributed by atoms with van der Waals surface area (Å²) < 4.78 is 7.62. The van der Waals surface area contributed by atoms with Crippen LogP contribution in [0.2, 0.25) is 5.02 Å². The van der Waals surface area contributed by atoms with E-state index in [-0.39, 0.29) is 0 Å². The van der Waals surface area contributed by atoms with Crippen LogP contribution in [0.4, 0.5) is 0 Å². The Hall–Kier alpha value is -1.79. The van der Waals surface area contributed by atoms with Crippen molar-refractivity contribution in [1.29, 1.82) is 0 Å². The Kier molecular flexibility index (Phi) is 4.49. The van der Waals surface area contributed by atoms with Crippen molar-refractivity contribution in [3.8, 4) is 5.75 Å². The van der Waals surface area contributed by atoms with Gasteiger partial charge in [-0.2, -0.15) is 0 Å². The Morgan fingerprint density at radius 3 is 2.86 bits per heavy atom. The number of para-hydroxylation sites is 1. The summed E-state index contributed by atoms with van der Waals surface area (Å²) in [7, 11) is 0. The topological polar surface area (TPSA) is 52.3 Å². The molecule has 0 saturated heterocycles. The predicted molar refractivity (Wildman–Crippen MR) is 87.9 cm³/mol. The van der Waals surface area contributed by atoms with E-state index >= 15 is 0 Å². The highest BCUT2D eigenvalue weighted by molar-refractivity contribution is 7.99. The molecule has 0 N–H and O–H groups in total. The molecule has 0 bridgehead atoms. The first kappa shape index (κ1) is 15.1. The molecule has 5 nitrogen and oxygen atoms in total. The number of rotatable bonds is 5. The average Bonchev–Trinajstić information content (AvgIpc) is 2.88. The minimum atomic E-state index is 0.543. The second-order valence-corrected chi connectivity index (χ2v) is 6.25. The van der Waals surface area contributed by atoms with Crippen LogP contribution in [0.1, 0.15) is 11.4 Å². The van der Waals surface area contributed by atoms with Crippen LogP contribution in [0.5, 0.6) is 5.75 Å². The minimum absolute atomic E-state index is 0.543. The van der Waals surface area contributed by atoms with Crippen LogP contribution < -0.4 is 4.74 Å². The minimum Gasteiger partial charge on any atom is -0.491 e. The van der Waals surface area contributed by atoms with Gasteiger partial charge in [0.15, 0.2) is 5.16 Å². The van der Waals surface area contributed by atoms with Gasteiger partial charge in [-0.05, 0) is 32.0 Å². The SMILES string of the molecule is Cc1cc(C)n2c(SCCOc3ccccc3Cl)nnc2n1. The third kappa shape index (κ3) is 3.18. The number of aryl methyl sites for hydroxylation is 2. The van der Waals surface area contributed by atoms with Crippen LogP contribution in [0, 0.1) is 13.8 Å². The molecular formula is C15H15ClN4OS. The van der Waals surface area contributed by atoms with Crippen LogP contribution in [-0.2, 0) is 0 Å². The van der Waals surface area contributed by atoms with Gasteiger partial charge in [0.1, 0.15) is 5.75 Å². The molecule has 3 rings (SSSR count). The van der Waals surface area contributed by atoms with Gasteiger partial charge in [-0.15, -0.1) is 10.2 Å². The number of fused-ring (bicyclic) bond motifs is 1. The Morgan fingerprint density at radius 2 is 2.05 bits per heavy atom. The second-order valence-electron chi connectivity index (χ2n) is 4.78. The molecule has 0 aliphatic rings. The van der Waals surface area contributed by atoms with E-state index in [2.05, 4.69) is 15.2 Å². The van der Waals surface area contributed by atoms with Crippen molar-refractivity contribution < 1.29 is 4.74 Å². The molecule has 0 spiro atoms. The third-order valence-corrected chi connectivity index (χ3v) is 4.28. The van der Waals surface area contributed by atoms with E-state index in [0.717, 1.165) is 22.3 Å². The number of ether oxygens (including phenoxy) is 1. The maximum atomic E-state index is 6.05. The summed E-state index contributed by atoms with van der Waals surface area (Å²) in [4.78, 5) is 4.37. The quantitative estimate of drug-likeness (QED) is 0.527. The van der Waals surface area contributed by atoms with E-state index in [9.17, 15) is 0 Å². The molecule has 2 aromatic heterocycles. The van der Waals surface area contributed by atoms with E-state index in [0.29, 0.717) is 23.2 Å². The fourth-order valence-electron chi connectivity index (χ4n) is 2.14. The summed E-state index contributed by atoms with van der Waals surface area (Å²) in [5.74, 6) is 2.08. The lowest BCUT2D eigenvalue weighted by molar-refractivity contribution is 0.344. The number of aromatic nitrogens is 4. The second kappa shape index (κ2) is 6.54. The first-order valence-corrected chi connectivity index (χ1v) is 8.21. The van der Waals surface area contributed by atoms with Gasteiger partial charge in [-0.25, -0.2) is 4.98 Å². The molecule has 3 aromatic rings. The summed E-state index contributed by atoms with van der Waals surface area (Å²) in [6.07, 6.45) is 0. The van der Waals surface area contributed by atoms with Crippen molar-refractivity contribution in [2.45, 2.75) is 19.0 Å². The molecule has 1 aromatic carbocycles. The number of hydrogen-bond donors (Lipinski definition) is 0. The van der Waals surface area contributed by atoms with Crippen LogP contribution >= 0.6 is 23.4 Å². The molecule has 22 heavy (non-hydrogen) atoms. The Balaban J connectivity index is 1.64. The largest absolute Gasteiger partial charge is 0.491 e. The van der Waals surface area contributed by atoms with Crippen molar-refractivity contribution in [1.82, 2.24) is 19.6 Å². The van der Waals surface area contributed by atoms with Crippen molar-refractivity contribution in [2.75, 3.05) is 12.4 Å². The van der Waals surface area contributed by atoms with Gasteiger partial charge in [-0.3, -0.25) is 4.40 Å². The van der Waals surface area contributed by atoms with Crippen molar-refractivity contribution in [3.05, 3.63) is 46.7 Å². The van der Waals surface area contributed by atoms with E-state index < -0.39 is 0 Å². The number of hydrogen-bond acceptors (Lipinski definition) is 5. The van der Waals surface area contributed by atoms with E-state index in [1.54, 1.807) is 11.8 Å². The number of benzene rings is 1. The molecule has 114 valence electrons. The number of halogens is 1. The zero-order valence-electron chi connectivity index (χ0n) is 12.3. The zero-order chi connectivity index (χ0) is 15.5. The van der Waals surface area contributed by atoms with Crippen LogP contribution in [0.3, 0.4) is 0 Å². The van der Waals surface area contributed by atoms with Crippen LogP contribution in [0.25, 0.3) is 5.78 Å². The first-order chi connectivity index (χ1) is 10.6. The maximum absolute atomic E-state index is 6.05. The van der Waals surface area contributed by atoms with E-state index in [1.165, 1.54) is 0 Å². The van der Waals surface area contributed by atoms with Gasteiger partial charge >= 0.3 is 0 Å². The summed E-state index contributed by atoms with van der Waals surface area (Å²) in [6, 6.07) is 9.46. The van der Waals surface area contributed by atoms with Gasteiger partial charge in [0.2, 0.25) is 0 Å². The molecular weight excluding hydrogens is 320 g/mol. The summed E-state index contributed by atoms with van der Waals surface area (Å²) >= 11 is 7.63. The lowest BCUT2D eigenvalue weighted by atomic mass is 10.3. The van der Waals surface area contributed by atoms with Crippen molar-refractivity contribution >= 4 is 29.1 Å². The monoisotopic (exact) mass is 334 g/mol. The van der Waals surface area contributed by atoms with Crippen LogP contribution in [-0.4, -0.2) is 31.9 Å². The highest BCUT2D eigenvalue weighted by Crippen LogP contribution is 2.24. The number of nitrogens with zero attached hydrogens (tertiary/aromatic N) is 4. The highest BCUT2D eigenvalue weighted by atomic mass is 35.5. The van der Waals surface area contributed by atoms with Crippen molar-refractivity contribution in [2.24, 2.45) is 0 Å². The fraction of sp³-hybridized carbons (Fsp3) is 0.267. The first-order valence-electron chi connectivity index (χ1n) is 6.84. The zero-order valence-corrected chi connectivity index (χ0v) is 13.9. The van der Waals surface area contributed by atoms with Gasteiger partial charge in [-0.1, -0.05) is 35.5 Å². The Labute approximate surface area is 137 Å². The molecule has 0 fully saturated rings. The maximum Gasteiger partial charge on any atom is 0.256 e. The molecule has 0 radical (unpaired) electrons. The van der Waals surface area contributed by atoms with Crippen molar-refractivity contribution in [3.63, 3.8) is 0 Å². The normalized spacial score (nSPS) is 11.0. The highest BCUT2D eigenvalue weighted by Gasteiger charge is 2.10. The molecule has 0 aliphatic carbocycles. The smallest absolute Gasteiger partial charge is 0.256 e. The van der Waals surface area contributed by atoms with Gasteiger partial charge in [0.25, 0.3) is 5.78 Å². The predicted octanol–water partition coefficient (Wildman–Crippen LogP) is 3.57. The Bertz CT molecular complexity index is 805. The molecule has 0 aliphatic heterocycles. The summed E-state index contributed by atoms with van der Waals surface area (Å²) in [5, 5.41) is 9.74. The Morgan fingerprint density at radius 1 is 1.23 bits per heavy atom. The van der Waals surface area contributed by atoms with Gasteiger partial charge in [0, 0.05) is 17.1 Å². The lowest BCUT2D eigenvalue weighted by Gasteiger charge is -2.07. The van der Waals surface area contributed by atoms with Gasteiger partial charge < -0.3 is 4.74 Å².